The molecule has 3 rings (SSSR count). The normalized spacial score (nSPS) is 29.5. The zero-order valence-corrected chi connectivity index (χ0v) is 9.16. The van der Waals surface area contributed by atoms with Crippen LogP contribution in [0.3, 0.4) is 0 Å². The van der Waals surface area contributed by atoms with Crippen LogP contribution < -0.4 is 4.74 Å². The van der Waals surface area contributed by atoms with Crippen molar-refractivity contribution in [2.75, 3.05) is 0 Å². The molecule has 88 valence electrons. The molecule has 0 aromatic heterocycles. The van der Waals surface area contributed by atoms with E-state index in [-0.39, 0.29) is 6.04 Å². The number of carbonyl (C=O) groups is 1. The fourth-order valence-corrected chi connectivity index (χ4v) is 2.26. The second-order valence-electron chi connectivity index (χ2n) is 4.09. The number of rotatable bonds is 1. The number of hydrogen-bond acceptors (Lipinski definition) is 4. The summed E-state index contributed by atoms with van der Waals surface area (Å²) in [4.78, 5) is 15.5. The summed E-state index contributed by atoms with van der Waals surface area (Å²) >= 11 is 0. The first-order valence-electron chi connectivity index (χ1n) is 5.36. The number of para-hydroxylation sites is 1. The van der Waals surface area contributed by atoms with Gasteiger partial charge in [-0.2, -0.15) is 0 Å². The molecule has 2 unspecified atom stereocenters. The molecule has 17 heavy (non-hydrogen) atoms. The molecule has 1 aromatic carbocycles. The van der Waals surface area contributed by atoms with Crippen molar-refractivity contribution in [2.24, 2.45) is 4.99 Å². The van der Waals surface area contributed by atoms with Crippen LogP contribution in [0, 0.1) is 0 Å². The van der Waals surface area contributed by atoms with E-state index in [1.165, 1.54) is 0 Å². The average Bonchev–Trinajstić information content (AvgIpc) is 2.69. The summed E-state index contributed by atoms with van der Waals surface area (Å²) in [5.41, 5.74) is 0.881. The Morgan fingerprint density at radius 3 is 2.88 bits per heavy atom. The maximum atomic E-state index is 11.2. The number of carboxylic acids is 1. The monoisotopic (exact) mass is 233 g/mol. The number of nitrogens with zero attached hydrogens (tertiary/aromatic N) is 1. The second-order valence-corrected chi connectivity index (χ2v) is 4.09. The Labute approximate surface area is 97.7 Å². The fourth-order valence-electron chi connectivity index (χ4n) is 2.26. The van der Waals surface area contributed by atoms with Crippen molar-refractivity contribution < 1.29 is 19.4 Å². The zero-order chi connectivity index (χ0) is 12.0. The van der Waals surface area contributed by atoms with Gasteiger partial charge >= 0.3 is 5.97 Å². The summed E-state index contributed by atoms with van der Waals surface area (Å²) in [6.07, 6.45) is -1.57. The number of carboxylic acid groups (broad SMARTS) is 1. The van der Waals surface area contributed by atoms with E-state index in [4.69, 9.17) is 14.6 Å². The van der Waals surface area contributed by atoms with Crippen molar-refractivity contribution in [3.8, 4) is 5.75 Å². The molecule has 2 aliphatic heterocycles. The largest absolute Gasteiger partial charge is 0.478 e. The minimum Gasteiger partial charge on any atom is -0.478 e. The van der Waals surface area contributed by atoms with Crippen molar-refractivity contribution in [1.29, 1.82) is 0 Å². The number of ether oxygens (including phenoxy) is 2. The lowest BCUT2D eigenvalue weighted by Crippen LogP contribution is -2.45. The summed E-state index contributed by atoms with van der Waals surface area (Å²) in [5, 5.41) is 9.14. The molecule has 0 fully saturated rings. The predicted molar refractivity (Wildman–Crippen MR) is 59.2 cm³/mol. The zero-order valence-electron chi connectivity index (χ0n) is 9.16. The summed E-state index contributed by atoms with van der Waals surface area (Å²) in [7, 11) is 0. The van der Waals surface area contributed by atoms with Gasteiger partial charge in [0.1, 0.15) is 11.8 Å². The van der Waals surface area contributed by atoms with Crippen LogP contribution in [0.1, 0.15) is 18.5 Å². The first-order valence-corrected chi connectivity index (χ1v) is 5.36. The van der Waals surface area contributed by atoms with Gasteiger partial charge < -0.3 is 14.6 Å². The topological polar surface area (TPSA) is 68.1 Å². The van der Waals surface area contributed by atoms with Crippen molar-refractivity contribution in [2.45, 2.75) is 25.2 Å². The Bertz CT molecular complexity index is 511. The molecule has 1 aromatic rings. The Morgan fingerprint density at radius 1 is 1.35 bits per heavy atom. The molecule has 0 bridgehead atoms. The predicted octanol–water partition coefficient (Wildman–Crippen LogP) is 1.39. The third-order valence-corrected chi connectivity index (χ3v) is 2.97. The lowest BCUT2D eigenvalue weighted by molar-refractivity contribution is -0.151. The van der Waals surface area contributed by atoms with Gasteiger partial charge in [0.2, 0.25) is 6.10 Å². The van der Waals surface area contributed by atoms with Gasteiger partial charge in [0.25, 0.3) is 0 Å². The first-order chi connectivity index (χ1) is 8.16. The molecule has 0 spiro atoms. The summed E-state index contributed by atoms with van der Waals surface area (Å²) in [6, 6.07) is 7.05. The second kappa shape index (κ2) is 3.48. The minimum atomic E-state index is -1.03. The molecule has 2 aliphatic rings. The Hall–Kier alpha value is -2.04. The molecular formula is C12H11NO4. The number of aliphatic carboxylic acids is 1. The van der Waals surface area contributed by atoms with E-state index >= 15 is 0 Å². The molecule has 0 saturated heterocycles. The molecule has 0 radical (unpaired) electrons. The molecule has 1 N–H and O–H groups in total. The number of benzene rings is 1. The van der Waals surface area contributed by atoms with E-state index < -0.39 is 18.2 Å². The Kier molecular flexibility index (Phi) is 2.07. The van der Waals surface area contributed by atoms with Crippen molar-refractivity contribution in [3.05, 3.63) is 29.8 Å². The highest BCUT2D eigenvalue weighted by Crippen LogP contribution is 2.41. The molecule has 0 aliphatic carbocycles. The van der Waals surface area contributed by atoms with Crippen molar-refractivity contribution in [1.82, 2.24) is 0 Å². The van der Waals surface area contributed by atoms with E-state index in [0.717, 1.165) is 5.56 Å². The molecule has 5 nitrogen and oxygen atoms in total. The maximum Gasteiger partial charge on any atom is 0.348 e. The Morgan fingerprint density at radius 2 is 2.12 bits per heavy atom. The standard InChI is InChI=1S/C12H11NO4/c1-6-13-9-7-4-2-3-5-8(7)17-11(12(14)15)10(9)16-6/h2-5,9-11H,1H3,(H,14,15)/t9?,10-,11?/m1/s1. The fraction of sp³-hybridized carbons (Fsp3) is 0.333. The van der Waals surface area contributed by atoms with Gasteiger partial charge in [-0.25, -0.2) is 9.79 Å². The van der Waals surface area contributed by atoms with Gasteiger partial charge in [0, 0.05) is 12.5 Å². The smallest absolute Gasteiger partial charge is 0.348 e. The van der Waals surface area contributed by atoms with Gasteiger partial charge in [0.05, 0.1) is 0 Å². The average molecular weight is 233 g/mol. The third-order valence-electron chi connectivity index (χ3n) is 2.97. The van der Waals surface area contributed by atoms with E-state index in [0.29, 0.717) is 11.6 Å². The third kappa shape index (κ3) is 1.46. The number of fused-ring (bicyclic) bond motifs is 3. The van der Waals surface area contributed by atoms with Crippen molar-refractivity contribution in [3.63, 3.8) is 0 Å². The Balaban J connectivity index is 2.09. The van der Waals surface area contributed by atoms with Crippen LogP contribution in [0.2, 0.25) is 0 Å². The maximum absolute atomic E-state index is 11.2. The SMILES string of the molecule is CC1=NC2c3ccccc3OC(C(=O)O)[C@@H]2O1. The highest BCUT2D eigenvalue weighted by atomic mass is 16.6. The van der Waals surface area contributed by atoms with Crippen LogP contribution in [-0.2, 0) is 9.53 Å². The van der Waals surface area contributed by atoms with Crippen LogP contribution in [0.25, 0.3) is 0 Å². The quantitative estimate of drug-likeness (QED) is 0.795. The van der Waals surface area contributed by atoms with Crippen LogP contribution in [0.4, 0.5) is 0 Å². The van der Waals surface area contributed by atoms with Crippen molar-refractivity contribution >= 4 is 11.9 Å². The van der Waals surface area contributed by atoms with Crippen LogP contribution >= 0.6 is 0 Å². The van der Waals surface area contributed by atoms with Gasteiger partial charge in [-0.3, -0.25) is 0 Å². The van der Waals surface area contributed by atoms with E-state index in [1.54, 1.807) is 13.0 Å². The lowest BCUT2D eigenvalue weighted by atomic mass is 9.94. The first kappa shape index (κ1) is 10.1. The molecule has 0 amide bonds. The minimum absolute atomic E-state index is 0.277. The van der Waals surface area contributed by atoms with Crippen LogP contribution in [-0.4, -0.2) is 29.2 Å². The summed E-state index contributed by atoms with van der Waals surface area (Å²) in [5.74, 6) is 0.0501. The van der Waals surface area contributed by atoms with E-state index in [2.05, 4.69) is 4.99 Å². The molecule has 5 heteroatoms. The number of hydrogen-bond donors (Lipinski definition) is 1. The van der Waals surface area contributed by atoms with E-state index in [1.807, 2.05) is 18.2 Å². The molecule has 2 heterocycles. The summed E-state index contributed by atoms with van der Waals surface area (Å²) < 4.78 is 10.9. The van der Waals surface area contributed by atoms with E-state index in [9.17, 15) is 4.79 Å². The van der Waals surface area contributed by atoms with Gasteiger partial charge in [-0.05, 0) is 6.07 Å². The van der Waals surface area contributed by atoms with Crippen LogP contribution in [0.5, 0.6) is 5.75 Å². The van der Waals surface area contributed by atoms with Gasteiger partial charge in [0.15, 0.2) is 12.0 Å². The highest BCUT2D eigenvalue weighted by molar-refractivity contribution is 5.80. The van der Waals surface area contributed by atoms with Crippen LogP contribution in [0.15, 0.2) is 29.3 Å². The molecular weight excluding hydrogens is 222 g/mol. The van der Waals surface area contributed by atoms with Gasteiger partial charge in [-0.15, -0.1) is 0 Å². The lowest BCUT2D eigenvalue weighted by Gasteiger charge is -2.31. The molecule has 0 saturated carbocycles. The highest BCUT2D eigenvalue weighted by Gasteiger charge is 2.47. The molecule has 3 atom stereocenters. The summed E-state index contributed by atoms with van der Waals surface area (Å²) in [6.45, 7) is 1.72. The number of aliphatic imine (C=N–C) groups is 1. The van der Waals surface area contributed by atoms with Gasteiger partial charge in [-0.1, -0.05) is 18.2 Å².